The Bertz CT molecular complexity index is 1160. The zero-order valence-electron chi connectivity index (χ0n) is 15.9. The lowest BCUT2D eigenvalue weighted by Gasteiger charge is -2.24. The van der Waals surface area contributed by atoms with Gasteiger partial charge in [0, 0.05) is 40.2 Å². The highest BCUT2D eigenvalue weighted by molar-refractivity contribution is 6.36. The SMILES string of the molecule is CN1CCC(c2c(O)cc(O)c3c(=O)cc(-c4ccc(Cl)cc4Cl)oc23)C1CO.Cl. The number of likely N-dealkylation sites (N-methyl/N-ethyl adjacent to an activating group) is 1. The molecule has 30 heavy (non-hydrogen) atoms. The standard InChI is InChI=1S/C21H19Cl2NO5.ClH/c1-24-5-4-12(14(24)9-25)19-15(26)7-16(27)20-17(28)8-18(29-21(19)20)11-3-2-10(22)6-13(11)23;/h2-3,6-8,12,14,25-27H,4-5,9H2,1H3;1H. The molecule has 160 valence electrons. The van der Waals surface area contributed by atoms with Crippen LogP contribution in [0.25, 0.3) is 22.3 Å². The fraction of sp³-hybridized carbons (Fsp3) is 0.286. The van der Waals surface area contributed by atoms with Crippen molar-refractivity contribution < 1.29 is 19.7 Å². The van der Waals surface area contributed by atoms with Crippen molar-refractivity contribution in [2.24, 2.45) is 0 Å². The molecule has 2 heterocycles. The summed E-state index contributed by atoms with van der Waals surface area (Å²) in [5, 5.41) is 31.5. The van der Waals surface area contributed by atoms with Crippen LogP contribution >= 0.6 is 35.6 Å². The summed E-state index contributed by atoms with van der Waals surface area (Å²) >= 11 is 12.2. The van der Waals surface area contributed by atoms with Crippen molar-refractivity contribution in [3.63, 3.8) is 0 Å². The van der Waals surface area contributed by atoms with E-state index in [2.05, 4.69) is 0 Å². The second kappa shape index (κ2) is 8.65. The number of halogens is 3. The van der Waals surface area contributed by atoms with Gasteiger partial charge in [0.15, 0.2) is 5.43 Å². The molecule has 4 rings (SSSR count). The lowest BCUT2D eigenvalue weighted by atomic mass is 9.89. The van der Waals surface area contributed by atoms with E-state index in [0.29, 0.717) is 34.1 Å². The minimum Gasteiger partial charge on any atom is -0.507 e. The molecule has 0 amide bonds. The lowest BCUT2D eigenvalue weighted by Crippen LogP contribution is -2.32. The number of hydrogen-bond acceptors (Lipinski definition) is 6. The monoisotopic (exact) mass is 471 g/mol. The van der Waals surface area contributed by atoms with Gasteiger partial charge in [-0.25, -0.2) is 0 Å². The molecule has 2 atom stereocenters. The van der Waals surface area contributed by atoms with Crippen molar-refractivity contribution in [1.82, 2.24) is 4.90 Å². The second-order valence-electron chi connectivity index (χ2n) is 7.26. The van der Waals surface area contributed by atoms with E-state index in [4.69, 9.17) is 27.6 Å². The number of aliphatic hydroxyl groups is 1. The van der Waals surface area contributed by atoms with Crippen LogP contribution in [-0.4, -0.2) is 46.5 Å². The largest absolute Gasteiger partial charge is 0.507 e. The van der Waals surface area contributed by atoms with Crippen molar-refractivity contribution in [3.8, 4) is 22.8 Å². The molecule has 0 aliphatic carbocycles. The zero-order valence-corrected chi connectivity index (χ0v) is 18.3. The van der Waals surface area contributed by atoms with E-state index in [0.717, 1.165) is 6.07 Å². The van der Waals surface area contributed by atoms with E-state index >= 15 is 0 Å². The first-order chi connectivity index (χ1) is 13.8. The maximum atomic E-state index is 12.8. The van der Waals surface area contributed by atoms with Crippen molar-refractivity contribution in [2.75, 3.05) is 20.2 Å². The highest BCUT2D eigenvalue weighted by Gasteiger charge is 2.36. The highest BCUT2D eigenvalue weighted by Crippen LogP contribution is 2.44. The van der Waals surface area contributed by atoms with Crippen molar-refractivity contribution >= 4 is 46.6 Å². The molecule has 2 unspecified atom stereocenters. The third-order valence-corrected chi connectivity index (χ3v) is 6.12. The molecule has 2 aromatic carbocycles. The number of likely N-dealkylation sites (tertiary alicyclic amines) is 1. The second-order valence-corrected chi connectivity index (χ2v) is 8.10. The first-order valence-electron chi connectivity index (χ1n) is 9.11. The van der Waals surface area contributed by atoms with E-state index in [1.165, 1.54) is 12.1 Å². The molecule has 6 nitrogen and oxygen atoms in total. The Kier molecular flexibility index (Phi) is 6.55. The third-order valence-electron chi connectivity index (χ3n) is 5.58. The van der Waals surface area contributed by atoms with Crippen LogP contribution in [0.5, 0.6) is 11.5 Å². The minimum atomic E-state index is -0.460. The van der Waals surface area contributed by atoms with Crippen LogP contribution in [0.2, 0.25) is 10.0 Å². The summed E-state index contributed by atoms with van der Waals surface area (Å²) in [4.78, 5) is 14.8. The molecular weight excluding hydrogens is 453 g/mol. The number of aromatic hydroxyl groups is 2. The Labute approximate surface area is 188 Å². The highest BCUT2D eigenvalue weighted by atomic mass is 35.5. The van der Waals surface area contributed by atoms with Gasteiger partial charge in [-0.15, -0.1) is 12.4 Å². The van der Waals surface area contributed by atoms with E-state index in [9.17, 15) is 20.1 Å². The fourth-order valence-corrected chi connectivity index (χ4v) is 4.61. The Balaban J connectivity index is 0.00000256. The van der Waals surface area contributed by atoms with Crippen LogP contribution in [0.15, 0.2) is 39.5 Å². The molecule has 1 saturated heterocycles. The molecule has 3 N–H and O–H groups in total. The molecule has 0 spiro atoms. The molecule has 0 radical (unpaired) electrons. The molecule has 3 aromatic rings. The molecule has 0 saturated carbocycles. The molecule has 1 aliphatic heterocycles. The number of hydrogen-bond donors (Lipinski definition) is 3. The average Bonchev–Trinajstić information content (AvgIpc) is 3.01. The normalized spacial score (nSPS) is 19.2. The number of phenols is 2. The van der Waals surface area contributed by atoms with Gasteiger partial charge in [0.25, 0.3) is 0 Å². The summed E-state index contributed by atoms with van der Waals surface area (Å²) < 4.78 is 6.03. The molecule has 1 aromatic heterocycles. The van der Waals surface area contributed by atoms with Crippen LogP contribution in [0, 0.1) is 0 Å². The molecule has 1 fully saturated rings. The maximum absolute atomic E-state index is 12.8. The predicted molar refractivity (Wildman–Crippen MR) is 119 cm³/mol. The first-order valence-corrected chi connectivity index (χ1v) is 9.86. The first kappa shape index (κ1) is 22.7. The number of rotatable bonds is 3. The number of benzene rings is 2. The third kappa shape index (κ3) is 3.74. The summed E-state index contributed by atoms with van der Waals surface area (Å²) in [6, 6.07) is 6.95. The average molecular weight is 473 g/mol. The number of phenolic OH excluding ortho intramolecular Hbond substituents is 2. The van der Waals surface area contributed by atoms with Gasteiger partial charge in [-0.05, 0) is 38.2 Å². The summed E-state index contributed by atoms with van der Waals surface area (Å²) in [6.07, 6.45) is 0.658. The van der Waals surface area contributed by atoms with Gasteiger partial charge in [-0.3, -0.25) is 4.79 Å². The van der Waals surface area contributed by atoms with Crippen LogP contribution in [-0.2, 0) is 0 Å². The van der Waals surface area contributed by atoms with Gasteiger partial charge in [-0.1, -0.05) is 23.2 Å². The van der Waals surface area contributed by atoms with Crippen LogP contribution < -0.4 is 5.43 Å². The molecule has 9 heteroatoms. The van der Waals surface area contributed by atoms with Gasteiger partial charge in [0.2, 0.25) is 0 Å². The van der Waals surface area contributed by atoms with Crippen LogP contribution in [0.4, 0.5) is 0 Å². The minimum absolute atomic E-state index is 0. The van der Waals surface area contributed by atoms with Crippen LogP contribution in [0.1, 0.15) is 17.9 Å². The van der Waals surface area contributed by atoms with Gasteiger partial charge < -0.3 is 24.6 Å². The summed E-state index contributed by atoms with van der Waals surface area (Å²) in [5.41, 5.74) is 0.490. The predicted octanol–water partition coefficient (Wildman–Crippen LogP) is 4.38. The van der Waals surface area contributed by atoms with E-state index in [1.54, 1.807) is 12.1 Å². The Morgan fingerprint density at radius 1 is 1.17 bits per heavy atom. The number of fused-ring (bicyclic) bond motifs is 1. The van der Waals surface area contributed by atoms with E-state index in [1.807, 2.05) is 11.9 Å². The molecular formula is C21H20Cl3NO5. The Morgan fingerprint density at radius 2 is 1.90 bits per heavy atom. The smallest absolute Gasteiger partial charge is 0.197 e. The quantitative estimate of drug-likeness (QED) is 0.524. The Hall–Kier alpha value is -1.96. The van der Waals surface area contributed by atoms with E-state index < -0.39 is 5.43 Å². The topological polar surface area (TPSA) is 94.1 Å². The fourth-order valence-electron chi connectivity index (χ4n) is 4.11. The number of aliphatic hydroxyl groups excluding tert-OH is 1. The van der Waals surface area contributed by atoms with Gasteiger partial charge in [-0.2, -0.15) is 0 Å². The number of nitrogens with zero attached hydrogens (tertiary/aromatic N) is 1. The maximum Gasteiger partial charge on any atom is 0.197 e. The van der Waals surface area contributed by atoms with Crippen molar-refractivity contribution in [2.45, 2.75) is 18.4 Å². The van der Waals surface area contributed by atoms with Gasteiger partial charge in [0.05, 0.1) is 11.6 Å². The Morgan fingerprint density at radius 3 is 2.57 bits per heavy atom. The van der Waals surface area contributed by atoms with Crippen molar-refractivity contribution in [1.29, 1.82) is 0 Å². The zero-order chi connectivity index (χ0) is 20.9. The van der Waals surface area contributed by atoms with E-state index in [-0.39, 0.29) is 59.2 Å². The molecule has 1 aliphatic rings. The summed E-state index contributed by atoms with van der Waals surface area (Å²) in [5.74, 6) is -0.624. The van der Waals surface area contributed by atoms with Gasteiger partial charge >= 0.3 is 0 Å². The van der Waals surface area contributed by atoms with Crippen molar-refractivity contribution in [3.05, 3.63) is 56.2 Å². The lowest BCUT2D eigenvalue weighted by molar-refractivity contribution is 0.172. The molecule has 0 bridgehead atoms. The van der Waals surface area contributed by atoms with Gasteiger partial charge in [0.1, 0.15) is 28.2 Å². The summed E-state index contributed by atoms with van der Waals surface area (Å²) in [7, 11) is 1.88. The van der Waals surface area contributed by atoms with Crippen LogP contribution in [0.3, 0.4) is 0 Å². The summed E-state index contributed by atoms with van der Waals surface area (Å²) in [6.45, 7) is 0.598.